The summed E-state index contributed by atoms with van der Waals surface area (Å²) in [7, 11) is 0. The van der Waals surface area contributed by atoms with Crippen molar-refractivity contribution in [2.45, 2.75) is 6.92 Å². The van der Waals surface area contributed by atoms with Gasteiger partial charge in [0.25, 0.3) is 0 Å². The third-order valence-electron chi connectivity index (χ3n) is 2.95. The molecule has 0 amide bonds. The molecule has 0 atom stereocenters. The fourth-order valence-corrected chi connectivity index (χ4v) is 2.07. The maximum absolute atomic E-state index is 7.54. The Balaban J connectivity index is 2.24. The van der Waals surface area contributed by atoms with Gasteiger partial charge in [-0.3, -0.25) is 9.98 Å². The largest absolute Gasteiger partial charge is 0.384 e. The summed E-state index contributed by atoms with van der Waals surface area (Å²) in [4.78, 5) is 8.82. The number of imidazole rings is 1. The van der Waals surface area contributed by atoms with Crippen molar-refractivity contribution < 1.29 is 0 Å². The number of nitrogen functional groups attached to an aromatic ring is 1. The number of para-hydroxylation sites is 2. The van der Waals surface area contributed by atoms with Crippen LogP contribution in [-0.2, 0) is 0 Å². The molecule has 3 N–H and O–H groups in total. The van der Waals surface area contributed by atoms with Gasteiger partial charge in [0.1, 0.15) is 18.0 Å². The number of fused-ring (bicyclic) bond motifs is 1. The number of aromatic nitrogens is 3. The highest BCUT2D eigenvalue weighted by Crippen LogP contribution is 2.17. The van der Waals surface area contributed by atoms with Crippen LogP contribution in [0.25, 0.3) is 16.9 Å². The highest BCUT2D eigenvalue weighted by Gasteiger charge is 2.08. The van der Waals surface area contributed by atoms with Gasteiger partial charge in [-0.25, -0.2) is 9.97 Å². The van der Waals surface area contributed by atoms with Crippen LogP contribution in [0.1, 0.15) is 11.3 Å². The Morgan fingerprint density at radius 3 is 2.84 bits per heavy atom. The fraction of sp³-hybridized carbons (Fsp3) is 0.0714. The molecule has 2 heterocycles. The minimum atomic E-state index is 0.0381. The zero-order valence-electron chi connectivity index (χ0n) is 10.5. The first-order valence-electron chi connectivity index (χ1n) is 5.91. The normalized spacial score (nSPS) is 10.8. The SMILES string of the molecule is Cc1cc(C(=N)N)cc(-n2cnc3ccccc32)n1. The fourth-order valence-electron chi connectivity index (χ4n) is 2.07. The molecule has 94 valence electrons. The second-order valence-electron chi connectivity index (χ2n) is 4.37. The number of nitrogens with zero attached hydrogens (tertiary/aromatic N) is 3. The van der Waals surface area contributed by atoms with Gasteiger partial charge in [0, 0.05) is 11.3 Å². The first kappa shape index (κ1) is 11.4. The second kappa shape index (κ2) is 4.20. The van der Waals surface area contributed by atoms with Crippen LogP contribution in [0.5, 0.6) is 0 Å². The maximum atomic E-state index is 7.54. The third kappa shape index (κ3) is 1.95. The van der Waals surface area contributed by atoms with Crippen molar-refractivity contribution in [1.29, 1.82) is 5.41 Å². The standard InChI is InChI=1S/C14H13N5/c1-9-6-10(14(15)16)7-13(18-9)19-8-17-11-4-2-3-5-12(11)19/h2-8H,1H3,(H3,15,16). The van der Waals surface area contributed by atoms with E-state index >= 15 is 0 Å². The number of hydrogen-bond donors (Lipinski definition) is 2. The smallest absolute Gasteiger partial charge is 0.139 e. The van der Waals surface area contributed by atoms with E-state index in [1.54, 1.807) is 18.5 Å². The molecule has 0 radical (unpaired) electrons. The van der Waals surface area contributed by atoms with Crippen molar-refractivity contribution in [2.75, 3.05) is 0 Å². The molecule has 0 aliphatic carbocycles. The number of nitrogens with one attached hydrogen (secondary N) is 1. The van der Waals surface area contributed by atoms with E-state index in [0.29, 0.717) is 5.56 Å². The molecule has 19 heavy (non-hydrogen) atoms. The van der Waals surface area contributed by atoms with E-state index in [9.17, 15) is 0 Å². The van der Waals surface area contributed by atoms with Crippen LogP contribution in [0.15, 0.2) is 42.7 Å². The van der Waals surface area contributed by atoms with Crippen LogP contribution in [0.3, 0.4) is 0 Å². The van der Waals surface area contributed by atoms with E-state index in [1.807, 2.05) is 35.8 Å². The zero-order chi connectivity index (χ0) is 13.4. The second-order valence-corrected chi connectivity index (χ2v) is 4.37. The lowest BCUT2D eigenvalue weighted by Crippen LogP contribution is -2.12. The van der Waals surface area contributed by atoms with E-state index < -0.39 is 0 Å². The molecule has 0 bridgehead atoms. The number of rotatable bonds is 2. The molecular weight excluding hydrogens is 238 g/mol. The summed E-state index contributed by atoms with van der Waals surface area (Å²) in [5.41, 5.74) is 8.93. The molecule has 5 nitrogen and oxygen atoms in total. The van der Waals surface area contributed by atoms with E-state index in [1.165, 1.54) is 0 Å². The first-order chi connectivity index (χ1) is 9.15. The summed E-state index contributed by atoms with van der Waals surface area (Å²) in [5, 5.41) is 7.54. The van der Waals surface area contributed by atoms with Gasteiger partial charge >= 0.3 is 0 Å². The molecule has 0 fully saturated rings. The number of nitrogens with two attached hydrogens (primary N) is 1. The Bertz CT molecular complexity index is 772. The summed E-state index contributed by atoms with van der Waals surface area (Å²) in [5.74, 6) is 0.759. The van der Waals surface area contributed by atoms with Crippen LogP contribution in [0.2, 0.25) is 0 Å². The molecule has 0 saturated heterocycles. The Hall–Kier alpha value is -2.69. The van der Waals surface area contributed by atoms with Crippen LogP contribution >= 0.6 is 0 Å². The molecular formula is C14H13N5. The van der Waals surface area contributed by atoms with Crippen molar-refractivity contribution in [3.63, 3.8) is 0 Å². The van der Waals surface area contributed by atoms with Gasteiger partial charge in [-0.1, -0.05) is 12.1 Å². The Morgan fingerprint density at radius 2 is 2.05 bits per heavy atom. The minimum absolute atomic E-state index is 0.0381. The molecule has 2 aromatic heterocycles. The summed E-state index contributed by atoms with van der Waals surface area (Å²) < 4.78 is 1.90. The van der Waals surface area contributed by atoms with Crippen molar-refractivity contribution in [1.82, 2.24) is 14.5 Å². The van der Waals surface area contributed by atoms with E-state index in [-0.39, 0.29) is 5.84 Å². The Morgan fingerprint density at radius 1 is 1.26 bits per heavy atom. The maximum Gasteiger partial charge on any atom is 0.139 e. The number of aryl methyl sites for hydroxylation is 1. The lowest BCUT2D eigenvalue weighted by molar-refractivity contribution is 0.998. The molecule has 1 aromatic carbocycles. The quantitative estimate of drug-likeness (QED) is 0.540. The molecule has 0 spiro atoms. The molecule has 0 aliphatic heterocycles. The van der Waals surface area contributed by atoms with Gasteiger partial charge in [-0.2, -0.15) is 0 Å². The molecule has 5 heteroatoms. The van der Waals surface area contributed by atoms with Crippen LogP contribution in [-0.4, -0.2) is 20.4 Å². The average molecular weight is 251 g/mol. The summed E-state index contributed by atoms with van der Waals surface area (Å²) in [6, 6.07) is 11.4. The van der Waals surface area contributed by atoms with Gasteiger partial charge < -0.3 is 5.73 Å². The number of hydrogen-bond acceptors (Lipinski definition) is 3. The Labute approximate surface area is 110 Å². The Kier molecular flexibility index (Phi) is 2.52. The molecule has 3 rings (SSSR count). The summed E-state index contributed by atoms with van der Waals surface area (Å²) in [6.45, 7) is 1.88. The van der Waals surface area contributed by atoms with Crippen molar-refractivity contribution in [3.8, 4) is 5.82 Å². The van der Waals surface area contributed by atoms with Crippen molar-refractivity contribution >= 4 is 16.9 Å². The summed E-state index contributed by atoms with van der Waals surface area (Å²) in [6.07, 6.45) is 1.73. The first-order valence-corrected chi connectivity index (χ1v) is 5.91. The highest BCUT2D eigenvalue weighted by molar-refractivity contribution is 5.95. The molecule has 0 aliphatic rings. The van der Waals surface area contributed by atoms with Crippen LogP contribution < -0.4 is 5.73 Å². The van der Waals surface area contributed by atoms with Crippen LogP contribution in [0.4, 0.5) is 0 Å². The summed E-state index contributed by atoms with van der Waals surface area (Å²) >= 11 is 0. The molecule has 0 saturated carbocycles. The predicted molar refractivity (Wildman–Crippen MR) is 74.6 cm³/mol. The lowest BCUT2D eigenvalue weighted by atomic mass is 10.2. The molecule has 0 unspecified atom stereocenters. The third-order valence-corrected chi connectivity index (χ3v) is 2.95. The average Bonchev–Trinajstić information content (AvgIpc) is 2.81. The van der Waals surface area contributed by atoms with Crippen molar-refractivity contribution in [2.24, 2.45) is 5.73 Å². The topological polar surface area (TPSA) is 80.6 Å². The van der Waals surface area contributed by atoms with E-state index in [2.05, 4.69) is 9.97 Å². The van der Waals surface area contributed by atoms with Gasteiger partial charge in [-0.15, -0.1) is 0 Å². The predicted octanol–water partition coefficient (Wildman–Crippen LogP) is 2.01. The number of amidine groups is 1. The van der Waals surface area contributed by atoms with Crippen molar-refractivity contribution in [3.05, 3.63) is 54.0 Å². The van der Waals surface area contributed by atoms with Crippen LogP contribution in [0, 0.1) is 12.3 Å². The van der Waals surface area contributed by atoms with Gasteiger partial charge in [0.15, 0.2) is 0 Å². The van der Waals surface area contributed by atoms with Gasteiger partial charge in [0.05, 0.1) is 11.0 Å². The molecule has 3 aromatic rings. The highest BCUT2D eigenvalue weighted by atomic mass is 15.1. The van der Waals surface area contributed by atoms with Gasteiger partial charge in [-0.05, 0) is 31.2 Å². The van der Waals surface area contributed by atoms with E-state index in [4.69, 9.17) is 11.1 Å². The number of benzene rings is 1. The van der Waals surface area contributed by atoms with E-state index in [0.717, 1.165) is 22.5 Å². The number of pyridine rings is 1. The monoisotopic (exact) mass is 251 g/mol. The van der Waals surface area contributed by atoms with Gasteiger partial charge in [0.2, 0.25) is 0 Å². The zero-order valence-corrected chi connectivity index (χ0v) is 10.5. The minimum Gasteiger partial charge on any atom is -0.384 e. The lowest BCUT2D eigenvalue weighted by Gasteiger charge is -2.07.